The Hall–Kier alpha value is -4.40. The Balaban J connectivity index is 1.29. The molecular formula is C31H22BrClN2O5. The summed E-state index contributed by atoms with van der Waals surface area (Å²) in [6, 6.07) is 28.0. The molecule has 4 aromatic rings. The van der Waals surface area contributed by atoms with Crippen molar-refractivity contribution in [1.29, 1.82) is 0 Å². The van der Waals surface area contributed by atoms with Crippen molar-refractivity contribution in [2.24, 2.45) is 0 Å². The fourth-order valence-electron chi connectivity index (χ4n) is 3.96. The van der Waals surface area contributed by atoms with Crippen LogP contribution in [0.25, 0.3) is 6.08 Å². The van der Waals surface area contributed by atoms with Gasteiger partial charge in [0.2, 0.25) is 0 Å². The smallest absolute Gasteiger partial charge is 0.335 e. The second kappa shape index (κ2) is 12.2. The summed E-state index contributed by atoms with van der Waals surface area (Å²) in [5, 5.41) is 2.54. The van der Waals surface area contributed by atoms with Gasteiger partial charge in [-0.05, 0) is 71.3 Å². The molecule has 0 saturated carbocycles. The second-order valence-corrected chi connectivity index (χ2v) is 10.2. The van der Waals surface area contributed by atoms with Crippen LogP contribution < -0.4 is 19.7 Å². The highest BCUT2D eigenvalue weighted by Gasteiger charge is 2.36. The van der Waals surface area contributed by atoms with Crippen molar-refractivity contribution in [2.75, 3.05) is 4.90 Å². The van der Waals surface area contributed by atoms with Crippen LogP contribution >= 0.6 is 27.5 Å². The molecule has 0 radical (unpaired) electrons. The van der Waals surface area contributed by atoms with E-state index in [4.69, 9.17) is 21.1 Å². The summed E-state index contributed by atoms with van der Waals surface area (Å²) in [7, 11) is 0. The van der Waals surface area contributed by atoms with Crippen LogP contribution in [0.15, 0.2) is 107 Å². The van der Waals surface area contributed by atoms with Gasteiger partial charge in [-0.1, -0.05) is 76.1 Å². The van der Waals surface area contributed by atoms with Crippen LogP contribution in [0.2, 0.25) is 5.02 Å². The minimum Gasteiger partial charge on any atom is -0.489 e. The zero-order valence-corrected chi connectivity index (χ0v) is 23.3. The van der Waals surface area contributed by atoms with E-state index in [1.54, 1.807) is 42.5 Å². The van der Waals surface area contributed by atoms with Crippen molar-refractivity contribution in [3.63, 3.8) is 0 Å². The number of hydrogen-bond acceptors (Lipinski definition) is 5. The highest BCUT2D eigenvalue weighted by Crippen LogP contribution is 2.29. The summed E-state index contributed by atoms with van der Waals surface area (Å²) >= 11 is 9.81. The molecule has 0 unspecified atom stereocenters. The fourth-order valence-corrected chi connectivity index (χ4v) is 4.46. The number of hydrogen-bond donors (Lipinski definition) is 1. The molecule has 0 spiro atoms. The van der Waals surface area contributed by atoms with E-state index in [0.717, 1.165) is 20.5 Å². The summed E-state index contributed by atoms with van der Waals surface area (Å²) in [4.78, 5) is 39.3. The highest BCUT2D eigenvalue weighted by molar-refractivity contribution is 9.10. The van der Waals surface area contributed by atoms with Gasteiger partial charge in [-0.3, -0.25) is 14.9 Å². The maximum Gasteiger partial charge on any atom is 0.335 e. The quantitative estimate of drug-likeness (QED) is 0.171. The summed E-state index contributed by atoms with van der Waals surface area (Å²) in [6.07, 6.45) is 1.39. The first-order valence-corrected chi connectivity index (χ1v) is 13.4. The maximum absolute atomic E-state index is 13.3. The van der Waals surface area contributed by atoms with Crippen LogP contribution in [0.1, 0.15) is 16.7 Å². The van der Waals surface area contributed by atoms with Crippen molar-refractivity contribution in [1.82, 2.24) is 5.32 Å². The van der Waals surface area contributed by atoms with Gasteiger partial charge in [0.05, 0.1) is 10.7 Å². The van der Waals surface area contributed by atoms with E-state index in [0.29, 0.717) is 41.0 Å². The first kappa shape index (κ1) is 27.2. The first-order chi connectivity index (χ1) is 19.4. The monoisotopic (exact) mass is 616 g/mol. The lowest BCUT2D eigenvalue weighted by molar-refractivity contribution is -0.122. The Morgan fingerprint density at radius 1 is 0.800 bits per heavy atom. The molecule has 1 saturated heterocycles. The Kier molecular flexibility index (Phi) is 8.28. The molecule has 1 heterocycles. The molecule has 1 aliphatic rings. The van der Waals surface area contributed by atoms with Crippen molar-refractivity contribution in [3.8, 4) is 11.5 Å². The van der Waals surface area contributed by atoms with Gasteiger partial charge in [-0.25, -0.2) is 9.69 Å². The molecule has 1 N–H and O–H groups in total. The summed E-state index contributed by atoms with van der Waals surface area (Å²) in [6.45, 7) is 0.697. The molecule has 0 aliphatic carbocycles. The molecule has 4 aromatic carbocycles. The topological polar surface area (TPSA) is 84.9 Å². The number of carbonyl (C=O) groups excluding carboxylic acids is 3. The zero-order valence-electron chi connectivity index (χ0n) is 21.0. The van der Waals surface area contributed by atoms with Gasteiger partial charge in [-0.15, -0.1) is 0 Å². The first-order valence-electron chi connectivity index (χ1n) is 12.2. The molecule has 40 heavy (non-hydrogen) atoms. The molecule has 5 rings (SSSR count). The van der Waals surface area contributed by atoms with Crippen molar-refractivity contribution in [2.45, 2.75) is 13.2 Å². The van der Waals surface area contributed by atoms with Crippen molar-refractivity contribution >= 4 is 57.1 Å². The van der Waals surface area contributed by atoms with Crippen LogP contribution in [-0.2, 0) is 22.8 Å². The number of nitrogens with one attached hydrogen (secondary N) is 1. The van der Waals surface area contributed by atoms with E-state index in [-0.39, 0.29) is 5.57 Å². The lowest BCUT2D eigenvalue weighted by Gasteiger charge is -2.26. The number of carbonyl (C=O) groups is 3. The lowest BCUT2D eigenvalue weighted by atomic mass is 10.1. The second-order valence-electron chi connectivity index (χ2n) is 8.83. The predicted octanol–water partition coefficient (Wildman–Crippen LogP) is 6.93. The van der Waals surface area contributed by atoms with Crippen LogP contribution in [-0.4, -0.2) is 17.8 Å². The molecule has 4 amide bonds. The average Bonchev–Trinajstić information content (AvgIpc) is 2.96. The Morgan fingerprint density at radius 2 is 1.48 bits per heavy atom. The summed E-state index contributed by atoms with van der Waals surface area (Å²) in [5.74, 6) is -0.516. The number of urea groups is 1. The number of amides is 4. The third-order valence-corrected chi connectivity index (χ3v) is 6.84. The maximum atomic E-state index is 13.3. The Labute approximate surface area is 244 Å². The number of barbiturate groups is 1. The number of benzene rings is 4. The van der Waals surface area contributed by atoms with Crippen LogP contribution in [0.5, 0.6) is 11.5 Å². The van der Waals surface area contributed by atoms with Gasteiger partial charge in [0.15, 0.2) is 0 Å². The number of rotatable bonds is 8. The van der Waals surface area contributed by atoms with Gasteiger partial charge >= 0.3 is 6.03 Å². The lowest BCUT2D eigenvalue weighted by Crippen LogP contribution is -2.54. The van der Waals surface area contributed by atoms with E-state index in [1.165, 1.54) is 6.08 Å². The summed E-state index contributed by atoms with van der Waals surface area (Å²) in [5.41, 5.74) is 2.56. The van der Waals surface area contributed by atoms with Crippen molar-refractivity contribution in [3.05, 3.63) is 129 Å². The van der Waals surface area contributed by atoms with Crippen LogP contribution in [0.4, 0.5) is 10.5 Å². The molecular weight excluding hydrogens is 596 g/mol. The Bertz CT molecular complexity index is 1590. The molecule has 0 atom stereocenters. The summed E-state index contributed by atoms with van der Waals surface area (Å²) < 4.78 is 12.6. The third-order valence-electron chi connectivity index (χ3n) is 6.02. The molecule has 0 aromatic heterocycles. The number of ether oxygens (including phenoxy) is 2. The third kappa shape index (κ3) is 6.42. The zero-order chi connectivity index (χ0) is 28.1. The molecule has 0 bridgehead atoms. The Morgan fingerprint density at radius 3 is 2.17 bits per heavy atom. The predicted molar refractivity (Wildman–Crippen MR) is 156 cm³/mol. The number of imide groups is 2. The number of halogens is 2. The van der Waals surface area contributed by atoms with Gasteiger partial charge in [0, 0.05) is 4.47 Å². The van der Waals surface area contributed by atoms with Gasteiger partial charge in [0.1, 0.15) is 30.3 Å². The van der Waals surface area contributed by atoms with Crippen LogP contribution in [0.3, 0.4) is 0 Å². The molecule has 1 fully saturated rings. The van der Waals surface area contributed by atoms with Gasteiger partial charge < -0.3 is 9.47 Å². The molecule has 9 heteroatoms. The van der Waals surface area contributed by atoms with Gasteiger partial charge in [0.25, 0.3) is 11.8 Å². The minimum absolute atomic E-state index is 0.205. The highest BCUT2D eigenvalue weighted by atomic mass is 79.9. The molecule has 1 aliphatic heterocycles. The number of nitrogens with zero attached hydrogens (tertiary/aromatic N) is 1. The van der Waals surface area contributed by atoms with E-state index in [9.17, 15) is 14.4 Å². The van der Waals surface area contributed by atoms with Crippen LogP contribution in [0, 0.1) is 0 Å². The van der Waals surface area contributed by atoms with E-state index < -0.39 is 17.8 Å². The van der Waals surface area contributed by atoms with E-state index in [1.807, 2.05) is 54.6 Å². The van der Waals surface area contributed by atoms with E-state index >= 15 is 0 Å². The standard InChI is InChI=1S/C31H22BrClN2O5/c32-23-9-6-21(7-10-23)19-40-28-15-8-22(17-27(28)33)16-26-29(36)34-31(38)35(30(26)37)24-11-13-25(14-12-24)39-18-20-4-2-1-3-5-20/h1-17H,18-19H2,(H,34,36,38)/b26-16+. The fraction of sp³-hybridized carbons (Fsp3) is 0.0645. The largest absolute Gasteiger partial charge is 0.489 e. The van der Waals surface area contributed by atoms with Gasteiger partial charge in [-0.2, -0.15) is 0 Å². The minimum atomic E-state index is -0.833. The normalized spacial score (nSPS) is 14.3. The average molecular weight is 618 g/mol. The molecule has 200 valence electrons. The molecule has 7 nitrogen and oxygen atoms in total. The van der Waals surface area contributed by atoms with E-state index in [2.05, 4.69) is 21.2 Å². The SMILES string of the molecule is O=C1NC(=O)N(c2ccc(OCc3ccccc3)cc2)C(=O)/C1=C/c1ccc(OCc2ccc(Br)cc2)c(Cl)c1. The number of anilines is 1. The van der Waals surface area contributed by atoms with Crippen molar-refractivity contribution < 1.29 is 23.9 Å².